The lowest BCUT2D eigenvalue weighted by Crippen LogP contribution is -2.27. The molecule has 0 aromatic rings. The van der Waals surface area contributed by atoms with E-state index in [0.717, 1.165) is 17.9 Å². The fourth-order valence-corrected chi connectivity index (χ4v) is 2.42. The minimum absolute atomic E-state index is 0.287. The Labute approximate surface area is 136 Å². The van der Waals surface area contributed by atoms with Crippen molar-refractivity contribution in [2.45, 2.75) is 84.0 Å². The van der Waals surface area contributed by atoms with Crippen molar-refractivity contribution in [3.05, 3.63) is 12.2 Å². The Balaban J connectivity index is 3.17. The predicted molar refractivity (Wildman–Crippen MR) is 91.2 cm³/mol. The van der Waals surface area contributed by atoms with Crippen molar-refractivity contribution in [2.24, 2.45) is 0 Å². The van der Waals surface area contributed by atoms with Gasteiger partial charge in [0.2, 0.25) is 0 Å². The van der Waals surface area contributed by atoms with Gasteiger partial charge in [0, 0.05) is 6.54 Å². The summed E-state index contributed by atoms with van der Waals surface area (Å²) in [6.45, 7) is 2.41. The zero-order valence-electron chi connectivity index (χ0n) is 14.3. The van der Waals surface area contributed by atoms with E-state index in [1.54, 1.807) is 0 Å². The average molecular weight is 313 g/mol. The number of rotatable bonds is 16. The molecule has 0 saturated heterocycles. The van der Waals surface area contributed by atoms with E-state index in [-0.39, 0.29) is 6.54 Å². The summed E-state index contributed by atoms with van der Waals surface area (Å²) in [7, 11) is 0. The van der Waals surface area contributed by atoms with E-state index in [2.05, 4.69) is 19.1 Å². The van der Waals surface area contributed by atoms with Crippen molar-refractivity contribution in [1.82, 2.24) is 5.06 Å². The van der Waals surface area contributed by atoms with Crippen LogP contribution < -0.4 is 0 Å². The van der Waals surface area contributed by atoms with E-state index in [1.165, 1.54) is 64.2 Å². The summed E-state index contributed by atoms with van der Waals surface area (Å²) < 4.78 is 0. The molecule has 0 atom stereocenters. The molecule has 4 nitrogen and oxygen atoms in total. The molecule has 0 rings (SSSR count). The van der Waals surface area contributed by atoms with Gasteiger partial charge in [-0.3, -0.25) is 4.79 Å². The first-order valence-electron chi connectivity index (χ1n) is 8.97. The topological polar surface area (TPSA) is 60.8 Å². The van der Waals surface area contributed by atoms with Gasteiger partial charge in [-0.15, -0.1) is 0 Å². The van der Waals surface area contributed by atoms with Crippen LogP contribution in [0, 0.1) is 0 Å². The number of aliphatic carboxylic acids is 1. The SMILES string of the molecule is CCCCCCC=CCCCCCCCCN(O)CC(=O)O. The standard InChI is InChI=1S/C18H35NO3/c1-2-3-4-5-6-7-8-9-10-11-12-13-14-15-16-19(22)17-18(20)21/h7-8,22H,2-6,9-17H2,1H3,(H,20,21). The van der Waals surface area contributed by atoms with Gasteiger partial charge in [0.05, 0.1) is 0 Å². The highest BCUT2D eigenvalue weighted by Gasteiger charge is 2.04. The van der Waals surface area contributed by atoms with Crippen molar-refractivity contribution in [3.63, 3.8) is 0 Å². The zero-order valence-corrected chi connectivity index (χ0v) is 14.3. The molecule has 0 aromatic heterocycles. The maximum atomic E-state index is 10.4. The number of carboxylic acid groups (broad SMARTS) is 1. The van der Waals surface area contributed by atoms with Gasteiger partial charge in [0.25, 0.3) is 0 Å². The van der Waals surface area contributed by atoms with Crippen LogP contribution in [0.4, 0.5) is 0 Å². The number of hydrogen-bond acceptors (Lipinski definition) is 3. The van der Waals surface area contributed by atoms with Crippen LogP contribution in [0.5, 0.6) is 0 Å². The average Bonchev–Trinajstić information content (AvgIpc) is 2.47. The Morgan fingerprint density at radius 1 is 0.864 bits per heavy atom. The van der Waals surface area contributed by atoms with Crippen LogP contribution in [0.1, 0.15) is 84.0 Å². The molecule has 0 aliphatic rings. The molecule has 4 heteroatoms. The van der Waals surface area contributed by atoms with Crippen LogP contribution in [0.25, 0.3) is 0 Å². The first kappa shape index (κ1) is 21.1. The second-order valence-electron chi connectivity index (χ2n) is 6.01. The minimum Gasteiger partial charge on any atom is -0.480 e. The van der Waals surface area contributed by atoms with Crippen LogP contribution in [-0.2, 0) is 4.79 Å². The van der Waals surface area contributed by atoms with Crippen molar-refractivity contribution < 1.29 is 15.1 Å². The van der Waals surface area contributed by atoms with Crippen LogP contribution in [0.3, 0.4) is 0 Å². The van der Waals surface area contributed by atoms with Gasteiger partial charge >= 0.3 is 5.97 Å². The van der Waals surface area contributed by atoms with E-state index < -0.39 is 5.97 Å². The summed E-state index contributed by atoms with van der Waals surface area (Å²) in [4.78, 5) is 10.4. The molecule has 0 radical (unpaired) electrons. The monoisotopic (exact) mass is 313 g/mol. The lowest BCUT2D eigenvalue weighted by Gasteiger charge is -2.11. The molecule has 2 N–H and O–H groups in total. The third-order valence-electron chi connectivity index (χ3n) is 3.75. The van der Waals surface area contributed by atoms with Crippen molar-refractivity contribution >= 4 is 5.97 Å². The fourth-order valence-electron chi connectivity index (χ4n) is 2.42. The molecule has 0 aliphatic heterocycles. The highest BCUT2D eigenvalue weighted by molar-refractivity contribution is 5.68. The fraction of sp³-hybridized carbons (Fsp3) is 0.833. The number of hydrogen-bond donors (Lipinski definition) is 2. The van der Waals surface area contributed by atoms with Gasteiger partial charge in [-0.2, -0.15) is 5.06 Å². The normalized spacial score (nSPS) is 11.6. The van der Waals surface area contributed by atoms with Gasteiger partial charge in [-0.05, 0) is 32.1 Å². The highest BCUT2D eigenvalue weighted by Crippen LogP contribution is 2.09. The highest BCUT2D eigenvalue weighted by atomic mass is 16.5. The van der Waals surface area contributed by atoms with Crippen molar-refractivity contribution in [2.75, 3.05) is 13.1 Å². The number of carbonyl (C=O) groups is 1. The van der Waals surface area contributed by atoms with Gasteiger partial charge < -0.3 is 10.3 Å². The van der Waals surface area contributed by atoms with Crippen LogP contribution in [0.2, 0.25) is 0 Å². The van der Waals surface area contributed by atoms with Gasteiger partial charge in [0.1, 0.15) is 6.54 Å². The number of unbranched alkanes of at least 4 members (excludes halogenated alkanes) is 10. The number of hydroxylamine groups is 2. The van der Waals surface area contributed by atoms with E-state index in [9.17, 15) is 10.0 Å². The largest absolute Gasteiger partial charge is 0.480 e. The second kappa shape index (κ2) is 16.5. The molecular weight excluding hydrogens is 278 g/mol. The lowest BCUT2D eigenvalue weighted by atomic mass is 10.1. The van der Waals surface area contributed by atoms with Gasteiger partial charge in [0.15, 0.2) is 0 Å². The molecule has 130 valence electrons. The number of nitrogens with zero attached hydrogens (tertiary/aromatic N) is 1. The van der Waals surface area contributed by atoms with Crippen LogP contribution >= 0.6 is 0 Å². The first-order chi connectivity index (χ1) is 10.7. The first-order valence-corrected chi connectivity index (χ1v) is 8.97. The molecular formula is C18H35NO3. The molecule has 0 amide bonds. The summed E-state index contributed by atoms with van der Waals surface area (Å²) >= 11 is 0. The van der Waals surface area contributed by atoms with E-state index in [0.29, 0.717) is 6.54 Å². The molecule has 0 aromatic carbocycles. The molecule has 0 saturated carbocycles. The third-order valence-corrected chi connectivity index (χ3v) is 3.75. The summed E-state index contributed by atoms with van der Waals surface area (Å²) in [5.41, 5.74) is 0. The molecule has 0 bridgehead atoms. The third kappa shape index (κ3) is 17.2. The van der Waals surface area contributed by atoms with Crippen LogP contribution in [-0.4, -0.2) is 34.4 Å². The summed E-state index contributed by atoms with van der Waals surface area (Å²) in [5, 5.41) is 18.6. The van der Waals surface area contributed by atoms with Crippen molar-refractivity contribution in [3.8, 4) is 0 Å². The second-order valence-corrected chi connectivity index (χ2v) is 6.01. The Hall–Kier alpha value is -0.870. The molecule has 0 unspecified atom stereocenters. The van der Waals surface area contributed by atoms with Crippen LogP contribution in [0.15, 0.2) is 12.2 Å². The number of allylic oxidation sites excluding steroid dienone is 2. The van der Waals surface area contributed by atoms with E-state index in [4.69, 9.17) is 5.11 Å². The van der Waals surface area contributed by atoms with Crippen molar-refractivity contribution in [1.29, 1.82) is 0 Å². The Bertz CT molecular complexity index is 280. The molecule has 0 aliphatic carbocycles. The molecule has 0 heterocycles. The maximum absolute atomic E-state index is 10.4. The zero-order chi connectivity index (χ0) is 16.5. The Morgan fingerprint density at radius 2 is 1.36 bits per heavy atom. The quantitative estimate of drug-likeness (QED) is 0.239. The van der Waals surface area contributed by atoms with E-state index >= 15 is 0 Å². The molecule has 0 fully saturated rings. The van der Waals surface area contributed by atoms with E-state index in [1.807, 2.05) is 0 Å². The Morgan fingerprint density at radius 3 is 1.91 bits per heavy atom. The molecule has 22 heavy (non-hydrogen) atoms. The summed E-state index contributed by atoms with van der Waals surface area (Å²) in [5.74, 6) is -0.985. The van der Waals surface area contributed by atoms with Gasteiger partial charge in [-0.1, -0.05) is 64.0 Å². The lowest BCUT2D eigenvalue weighted by molar-refractivity contribution is -0.153. The maximum Gasteiger partial charge on any atom is 0.320 e. The Kier molecular flexibility index (Phi) is 15.8. The predicted octanol–water partition coefficient (Wildman–Crippen LogP) is 5.02. The smallest absolute Gasteiger partial charge is 0.320 e. The minimum atomic E-state index is -0.985. The molecule has 0 spiro atoms. The number of carboxylic acids is 1. The van der Waals surface area contributed by atoms with Gasteiger partial charge in [-0.25, -0.2) is 0 Å². The summed E-state index contributed by atoms with van der Waals surface area (Å²) in [6.07, 6.45) is 19.3. The summed E-state index contributed by atoms with van der Waals surface area (Å²) in [6, 6.07) is 0.